The van der Waals surface area contributed by atoms with Gasteiger partial charge in [-0.05, 0) is 56.0 Å². The maximum atomic E-state index is 14.4. The average Bonchev–Trinajstić information content (AvgIpc) is 3.57. The van der Waals surface area contributed by atoms with E-state index in [1.54, 1.807) is 24.0 Å². The summed E-state index contributed by atoms with van der Waals surface area (Å²) in [4.78, 5) is 12.2. The van der Waals surface area contributed by atoms with Crippen molar-refractivity contribution in [3.8, 4) is 11.1 Å². The van der Waals surface area contributed by atoms with Gasteiger partial charge < -0.3 is 15.4 Å². The molecule has 1 fully saturated rings. The Kier molecular flexibility index (Phi) is 8.38. The Morgan fingerprint density at radius 2 is 1.79 bits per heavy atom. The van der Waals surface area contributed by atoms with E-state index in [4.69, 9.17) is 4.74 Å². The van der Waals surface area contributed by atoms with Gasteiger partial charge in [0.05, 0.1) is 22.5 Å². The standard InChI is InChI=1S/C30H29F5N8O3S/c1-16-18(15-36-42(16)2)17-10-11-19(21(13-17)47(3,44)45)37-20-14-24(39-23-8-6-7-22(38-23)30(33,34)35)40-28-26(20)41-29(27(31)32)43(28)25-9-4-5-12-46-25/h6-8,10-11,13-15,25,27H,4-5,9,12H2,1-3H3,(H2,37,38,39,40). The second kappa shape index (κ2) is 12.2. The van der Waals surface area contributed by atoms with Crippen LogP contribution in [-0.2, 0) is 27.8 Å². The quantitative estimate of drug-likeness (QED) is 0.166. The molecule has 0 amide bonds. The number of pyridine rings is 2. The molecule has 1 atom stereocenters. The Balaban J connectivity index is 1.52. The van der Waals surface area contributed by atoms with E-state index in [-0.39, 0.29) is 39.1 Å². The van der Waals surface area contributed by atoms with E-state index < -0.39 is 40.2 Å². The van der Waals surface area contributed by atoms with Crippen LogP contribution < -0.4 is 10.6 Å². The molecule has 248 valence electrons. The number of hydrogen-bond donors (Lipinski definition) is 2. The summed E-state index contributed by atoms with van der Waals surface area (Å²) in [6.07, 6.45) is -4.09. The zero-order valence-electron chi connectivity index (χ0n) is 25.3. The van der Waals surface area contributed by atoms with Gasteiger partial charge in [0.2, 0.25) is 0 Å². The SMILES string of the molecule is Cc1c(-c2ccc(Nc3cc(Nc4cccc(C(F)(F)F)n4)nc4c3nc(C(F)F)n4C3CCCCO3)c(S(C)(=O)=O)c2)cnn1C. The third-order valence-electron chi connectivity index (χ3n) is 7.81. The molecule has 4 aromatic heterocycles. The zero-order chi connectivity index (χ0) is 33.7. The summed E-state index contributed by atoms with van der Waals surface area (Å²) in [5.74, 6) is -0.893. The van der Waals surface area contributed by atoms with Crippen LogP contribution in [0.15, 0.2) is 53.6 Å². The number of fused-ring (bicyclic) bond motifs is 1. The Morgan fingerprint density at radius 1 is 1.00 bits per heavy atom. The molecular formula is C30H29F5N8O3S. The fourth-order valence-corrected chi connectivity index (χ4v) is 6.28. The van der Waals surface area contributed by atoms with Crippen LogP contribution in [0, 0.1) is 6.92 Å². The highest BCUT2D eigenvalue weighted by Crippen LogP contribution is 2.39. The molecule has 5 heterocycles. The summed E-state index contributed by atoms with van der Waals surface area (Å²) < 4.78 is 104. The molecule has 0 saturated carbocycles. The van der Waals surface area contributed by atoms with Crippen molar-refractivity contribution in [3.05, 3.63) is 65.9 Å². The van der Waals surface area contributed by atoms with Gasteiger partial charge in [-0.1, -0.05) is 12.1 Å². The van der Waals surface area contributed by atoms with E-state index in [1.165, 1.54) is 28.8 Å². The maximum absolute atomic E-state index is 14.4. The lowest BCUT2D eigenvalue weighted by atomic mass is 10.1. The van der Waals surface area contributed by atoms with E-state index in [0.29, 0.717) is 30.6 Å². The summed E-state index contributed by atoms with van der Waals surface area (Å²) in [6, 6.07) is 9.29. The second-order valence-electron chi connectivity index (χ2n) is 11.1. The zero-order valence-corrected chi connectivity index (χ0v) is 26.1. The first-order valence-corrected chi connectivity index (χ1v) is 16.3. The molecule has 5 aromatic rings. The second-order valence-corrected chi connectivity index (χ2v) is 13.1. The third-order valence-corrected chi connectivity index (χ3v) is 8.94. The van der Waals surface area contributed by atoms with Crippen molar-refractivity contribution in [3.63, 3.8) is 0 Å². The molecule has 0 radical (unpaired) electrons. The van der Waals surface area contributed by atoms with Crippen molar-refractivity contribution in [1.29, 1.82) is 0 Å². The number of alkyl halides is 5. The van der Waals surface area contributed by atoms with Crippen molar-refractivity contribution in [1.82, 2.24) is 29.3 Å². The minimum atomic E-state index is -4.71. The highest BCUT2D eigenvalue weighted by Gasteiger charge is 2.33. The molecule has 1 unspecified atom stereocenters. The Morgan fingerprint density at radius 3 is 2.43 bits per heavy atom. The number of nitrogens with zero attached hydrogens (tertiary/aromatic N) is 6. The first kappa shape index (κ1) is 32.3. The molecule has 0 spiro atoms. The number of hydrogen-bond acceptors (Lipinski definition) is 9. The highest BCUT2D eigenvalue weighted by molar-refractivity contribution is 7.90. The van der Waals surface area contributed by atoms with Gasteiger partial charge in [-0.15, -0.1) is 0 Å². The topological polar surface area (TPSA) is 129 Å². The smallest absolute Gasteiger partial charge is 0.358 e. The summed E-state index contributed by atoms with van der Waals surface area (Å²) in [5.41, 5.74) is 1.05. The van der Waals surface area contributed by atoms with Gasteiger partial charge in [0.1, 0.15) is 29.1 Å². The fourth-order valence-electron chi connectivity index (χ4n) is 5.43. The van der Waals surface area contributed by atoms with Gasteiger partial charge in [0.25, 0.3) is 6.43 Å². The first-order valence-electron chi connectivity index (χ1n) is 14.4. The minimum Gasteiger partial charge on any atom is -0.358 e. The monoisotopic (exact) mass is 676 g/mol. The van der Waals surface area contributed by atoms with Crippen LogP contribution in [0.2, 0.25) is 0 Å². The van der Waals surface area contributed by atoms with Gasteiger partial charge in [-0.25, -0.2) is 32.2 Å². The van der Waals surface area contributed by atoms with Crippen LogP contribution >= 0.6 is 0 Å². The van der Waals surface area contributed by atoms with Crippen molar-refractivity contribution in [2.45, 2.75) is 49.9 Å². The van der Waals surface area contributed by atoms with E-state index in [9.17, 15) is 30.4 Å². The lowest BCUT2D eigenvalue weighted by molar-refractivity contribution is -0.141. The Bertz CT molecular complexity index is 2070. The Labute approximate surface area is 265 Å². The van der Waals surface area contributed by atoms with E-state index in [2.05, 4.69) is 30.7 Å². The number of nitrogens with one attached hydrogen (secondary N) is 2. The van der Waals surface area contributed by atoms with Crippen molar-refractivity contribution in [2.24, 2.45) is 7.05 Å². The predicted octanol–water partition coefficient (Wildman–Crippen LogP) is 7.08. The molecule has 1 aromatic carbocycles. The molecule has 0 bridgehead atoms. The highest BCUT2D eigenvalue weighted by atomic mass is 32.2. The summed E-state index contributed by atoms with van der Waals surface area (Å²) in [7, 11) is -2.10. The lowest BCUT2D eigenvalue weighted by Gasteiger charge is -2.25. The van der Waals surface area contributed by atoms with E-state index in [1.807, 2.05) is 6.92 Å². The molecule has 1 saturated heterocycles. The number of halogens is 5. The summed E-state index contributed by atoms with van der Waals surface area (Å²) in [5, 5.41) is 9.97. The van der Waals surface area contributed by atoms with Gasteiger partial charge in [0.15, 0.2) is 21.3 Å². The average molecular weight is 677 g/mol. The van der Waals surface area contributed by atoms with Gasteiger partial charge in [-0.2, -0.15) is 18.3 Å². The van der Waals surface area contributed by atoms with Crippen LogP contribution in [0.5, 0.6) is 0 Å². The number of rotatable bonds is 8. The fraction of sp³-hybridized carbons (Fsp3) is 0.333. The molecule has 0 aliphatic carbocycles. The van der Waals surface area contributed by atoms with Gasteiger partial charge in [0, 0.05) is 37.2 Å². The molecule has 6 rings (SSSR count). The molecular weight excluding hydrogens is 647 g/mol. The molecule has 17 heteroatoms. The number of sulfone groups is 1. The molecule has 47 heavy (non-hydrogen) atoms. The summed E-state index contributed by atoms with van der Waals surface area (Å²) >= 11 is 0. The normalized spacial score (nSPS) is 15.8. The van der Waals surface area contributed by atoms with Crippen LogP contribution in [0.1, 0.15) is 49.1 Å². The molecule has 2 N–H and O–H groups in total. The van der Waals surface area contributed by atoms with Crippen LogP contribution in [0.4, 0.5) is 45.0 Å². The number of aromatic nitrogens is 6. The van der Waals surface area contributed by atoms with Crippen molar-refractivity contribution in [2.75, 3.05) is 23.5 Å². The Hall–Kier alpha value is -4.64. The van der Waals surface area contributed by atoms with Crippen molar-refractivity contribution >= 4 is 44.0 Å². The van der Waals surface area contributed by atoms with E-state index in [0.717, 1.165) is 30.5 Å². The van der Waals surface area contributed by atoms with Gasteiger partial charge in [-0.3, -0.25) is 9.25 Å². The van der Waals surface area contributed by atoms with Crippen LogP contribution in [-0.4, -0.2) is 50.6 Å². The number of aryl methyl sites for hydroxylation is 1. The summed E-state index contributed by atoms with van der Waals surface area (Å²) in [6.45, 7) is 2.16. The maximum Gasteiger partial charge on any atom is 0.433 e. The number of ether oxygens (including phenoxy) is 1. The largest absolute Gasteiger partial charge is 0.433 e. The number of imidazole rings is 1. The third kappa shape index (κ3) is 6.49. The predicted molar refractivity (Wildman–Crippen MR) is 164 cm³/mol. The van der Waals surface area contributed by atoms with E-state index >= 15 is 0 Å². The molecule has 11 nitrogen and oxygen atoms in total. The van der Waals surface area contributed by atoms with Crippen molar-refractivity contribution < 1.29 is 35.1 Å². The van der Waals surface area contributed by atoms with Gasteiger partial charge >= 0.3 is 6.18 Å². The number of benzene rings is 1. The molecule has 1 aliphatic heterocycles. The minimum absolute atomic E-state index is 0.0244. The van der Waals surface area contributed by atoms with Crippen LogP contribution in [0.25, 0.3) is 22.3 Å². The van der Waals surface area contributed by atoms with Crippen LogP contribution in [0.3, 0.4) is 0 Å². The lowest BCUT2D eigenvalue weighted by Crippen LogP contribution is -2.20. The molecule has 1 aliphatic rings. The number of anilines is 4. The first-order chi connectivity index (χ1) is 22.2.